The number of hydrogen-bond donors (Lipinski definition) is 1. The molecule has 1 aliphatic heterocycles. The second-order valence-corrected chi connectivity index (χ2v) is 5.21. The predicted molar refractivity (Wildman–Crippen MR) is 79.6 cm³/mol. The van der Waals surface area contributed by atoms with Crippen molar-refractivity contribution in [1.82, 2.24) is 10.2 Å². The van der Waals surface area contributed by atoms with Crippen molar-refractivity contribution < 1.29 is 9.53 Å². The maximum absolute atomic E-state index is 12.2. The minimum absolute atomic E-state index is 0.0332. The SMILES string of the molecule is CCCC(CC)N1C(=O)CNC1c1cccc(OC)c1. The first kappa shape index (κ1) is 14.9. The molecule has 1 N–H and O–H groups in total. The molecule has 0 radical (unpaired) electrons. The molecule has 0 aliphatic carbocycles. The van der Waals surface area contributed by atoms with E-state index in [-0.39, 0.29) is 12.1 Å². The highest BCUT2D eigenvalue weighted by Crippen LogP contribution is 2.29. The van der Waals surface area contributed by atoms with Crippen LogP contribution in [0.15, 0.2) is 24.3 Å². The molecule has 1 aromatic rings. The molecule has 0 saturated carbocycles. The summed E-state index contributed by atoms with van der Waals surface area (Å²) in [5.74, 6) is 1.02. The quantitative estimate of drug-likeness (QED) is 0.868. The minimum atomic E-state index is -0.0332. The van der Waals surface area contributed by atoms with Gasteiger partial charge in [-0.15, -0.1) is 0 Å². The van der Waals surface area contributed by atoms with Gasteiger partial charge in [0, 0.05) is 6.04 Å². The fourth-order valence-corrected chi connectivity index (χ4v) is 2.90. The first-order valence-electron chi connectivity index (χ1n) is 7.39. The van der Waals surface area contributed by atoms with Gasteiger partial charge < -0.3 is 9.64 Å². The average molecular weight is 276 g/mol. The molecule has 1 aromatic carbocycles. The molecule has 20 heavy (non-hydrogen) atoms. The van der Waals surface area contributed by atoms with E-state index < -0.39 is 0 Å². The number of benzene rings is 1. The molecule has 1 heterocycles. The van der Waals surface area contributed by atoms with E-state index >= 15 is 0 Å². The van der Waals surface area contributed by atoms with Crippen LogP contribution < -0.4 is 10.1 Å². The lowest BCUT2D eigenvalue weighted by Gasteiger charge is -2.32. The summed E-state index contributed by atoms with van der Waals surface area (Å²) in [6, 6.07) is 8.25. The van der Waals surface area contributed by atoms with Gasteiger partial charge in [0.1, 0.15) is 11.9 Å². The Hall–Kier alpha value is -1.55. The molecule has 0 bridgehead atoms. The van der Waals surface area contributed by atoms with Gasteiger partial charge in [0.15, 0.2) is 0 Å². The molecule has 1 fully saturated rings. The van der Waals surface area contributed by atoms with Crippen LogP contribution in [0.3, 0.4) is 0 Å². The number of methoxy groups -OCH3 is 1. The monoisotopic (exact) mass is 276 g/mol. The standard InChI is InChI=1S/C16H24N2O2/c1-4-7-13(5-2)18-15(19)11-17-16(18)12-8-6-9-14(10-12)20-3/h6,8-10,13,16-17H,4-5,7,11H2,1-3H3. The molecule has 4 heteroatoms. The molecule has 1 amide bonds. The fraction of sp³-hybridized carbons (Fsp3) is 0.562. The zero-order valence-corrected chi connectivity index (χ0v) is 12.6. The van der Waals surface area contributed by atoms with Crippen LogP contribution >= 0.6 is 0 Å². The highest BCUT2D eigenvalue weighted by molar-refractivity contribution is 5.81. The largest absolute Gasteiger partial charge is 0.497 e. The van der Waals surface area contributed by atoms with Crippen LogP contribution in [-0.4, -0.2) is 30.5 Å². The smallest absolute Gasteiger partial charge is 0.238 e. The average Bonchev–Trinajstić information content (AvgIpc) is 2.86. The summed E-state index contributed by atoms with van der Waals surface area (Å²) in [4.78, 5) is 14.2. The zero-order valence-electron chi connectivity index (χ0n) is 12.6. The summed E-state index contributed by atoms with van der Waals surface area (Å²) in [5, 5.41) is 3.32. The van der Waals surface area contributed by atoms with Gasteiger partial charge in [-0.25, -0.2) is 0 Å². The number of nitrogens with one attached hydrogen (secondary N) is 1. The molecule has 110 valence electrons. The first-order chi connectivity index (χ1) is 9.71. The number of rotatable bonds is 6. The maximum atomic E-state index is 12.2. The predicted octanol–water partition coefficient (Wildman–Crippen LogP) is 2.70. The number of carbonyl (C=O) groups is 1. The molecule has 2 atom stereocenters. The molecule has 2 unspecified atom stereocenters. The summed E-state index contributed by atoms with van der Waals surface area (Å²) in [5.41, 5.74) is 1.09. The third-order valence-electron chi connectivity index (χ3n) is 3.91. The molecule has 1 saturated heterocycles. The second kappa shape index (κ2) is 6.75. The van der Waals surface area contributed by atoms with Crippen molar-refractivity contribution in [2.45, 2.75) is 45.3 Å². The molecule has 4 nitrogen and oxygen atoms in total. The molecular weight excluding hydrogens is 252 g/mol. The normalized spacial score (nSPS) is 20.2. The van der Waals surface area contributed by atoms with E-state index in [1.807, 2.05) is 29.2 Å². The van der Waals surface area contributed by atoms with Crippen LogP contribution in [0.2, 0.25) is 0 Å². The van der Waals surface area contributed by atoms with Gasteiger partial charge in [-0.2, -0.15) is 0 Å². The third kappa shape index (κ3) is 2.96. The number of amides is 1. The first-order valence-corrected chi connectivity index (χ1v) is 7.39. The van der Waals surface area contributed by atoms with Crippen molar-refractivity contribution in [2.24, 2.45) is 0 Å². The zero-order chi connectivity index (χ0) is 14.5. The minimum Gasteiger partial charge on any atom is -0.497 e. The number of hydrogen-bond acceptors (Lipinski definition) is 3. The van der Waals surface area contributed by atoms with Crippen molar-refractivity contribution in [3.8, 4) is 5.75 Å². The number of ether oxygens (including phenoxy) is 1. The van der Waals surface area contributed by atoms with Gasteiger partial charge in [0.05, 0.1) is 13.7 Å². The number of carbonyl (C=O) groups excluding carboxylic acids is 1. The summed E-state index contributed by atoms with van der Waals surface area (Å²) in [6.45, 7) is 4.73. The Morgan fingerprint density at radius 1 is 1.45 bits per heavy atom. The van der Waals surface area contributed by atoms with Gasteiger partial charge in [-0.05, 0) is 30.5 Å². The van der Waals surface area contributed by atoms with Gasteiger partial charge >= 0.3 is 0 Å². The highest BCUT2D eigenvalue weighted by atomic mass is 16.5. The molecule has 1 aliphatic rings. The maximum Gasteiger partial charge on any atom is 0.238 e. The van der Waals surface area contributed by atoms with Crippen molar-refractivity contribution in [3.63, 3.8) is 0 Å². The van der Waals surface area contributed by atoms with E-state index in [4.69, 9.17) is 4.74 Å². The van der Waals surface area contributed by atoms with Gasteiger partial charge in [0.2, 0.25) is 5.91 Å². The summed E-state index contributed by atoms with van der Waals surface area (Å²) < 4.78 is 5.28. The Morgan fingerprint density at radius 3 is 2.90 bits per heavy atom. The molecule has 0 spiro atoms. The van der Waals surface area contributed by atoms with Crippen molar-refractivity contribution in [1.29, 1.82) is 0 Å². The Balaban J connectivity index is 2.26. The van der Waals surface area contributed by atoms with E-state index in [1.54, 1.807) is 7.11 Å². The van der Waals surface area contributed by atoms with Gasteiger partial charge in [-0.3, -0.25) is 10.1 Å². The highest BCUT2D eigenvalue weighted by Gasteiger charge is 2.35. The lowest BCUT2D eigenvalue weighted by Crippen LogP contribution is -2.39. The fourth-order valence-electron chi connectivity index (χ4n) is 2.90. The van der Waals surface area contributed by atoms with Crippen LogP contribution in [0.4, 0.5) is 0 Å². The van der Waals surface area contributed by atoms with Crippen LogP contribution in [0, 0.1) is 0 Å². The Kier molecular flexibility index (Phi) is 5.01. The summed E-state index contributed by atoms with van der Waals surface area (Å²) in [7, 11) is 1.66. The van der Waals surface area contributed by atoms with E-state index in [9.17, 15) is 4.79 Å². The molecule has 2 rings (SSSR count). The van der Waals surface area contributed by atoms with Crippen molar-refractivity contribution >= 4 is 5.91 Å². The summed E-state index contributed by atoms with van der Waals surface area (Å²) >= 11 is 0. The van der Waals surface area contributed by atoms with E-state index in [0.29, 0.717) is 12.6 Å². The second-order valence-electron chi connectivity index (χ2n) is 5.21. The Labute approximate surface area is 121 Å². The lowest BCUT2D eigenvalue weighted by molar-refractivity contribution is -0.130. The van der Waals surface area contributed by atoms with Crippen LogP contribution in [-0.2, 0) is 4.79 Å². The Bertz CT molecular complexity index is 462. The molecular formula is C16H24N2O2. The van der Waals surface area contributed by atoms with Crippen LogP contribution in [0.1, 0.15) is 44.8 Å². The lowest BCUT2D eigenvalue weighted by atomic mass is 10.0. The third-order valence-corrected chi connectivity index (χ3v) is 3.91. The summed E-state index contributed by atoms with van der Waals surface area (Å²) in [6.07, 6.45) is 3.09. The van der Waals surface area contributed by atoms with Crippen molar-refractivity contribution in [3.05, 3.63) is 29.8 Å². The van der Waals surface area contributed by atoms with E-state index in [0.717, 1.165) is 30.6 Å². The van der Waals surface area contributed by atoms with Crippen LogP contribution in [0.5, 0.6) is 5.75 Å². The van der Waals surface area contributed by atoms with Crippen molar-refractivity contribution in [2.75, 3.05) is 13.7 Å². The molecule has 0 aromatic heterocycles. The van der Waals surface area contributed by atoms with Gasteiger partial charge in [0.25, 0.3) is 0 Å². The van der Waals surface area contributed by atoms with Gasteiger partial charge in [-0.1, -0.05) is 32.4 Å². The van der Waals surface area contributed by atoms with E-state index in [1.165, 1.54) is 0 Å². The Morgan fingerprint density at radius 2 is 2.25 bits per heavy atom. The topological polar surface area (TPSA) is 41.6 Å². The number of nitrogens with zero attached hydrogens (tertiary/aromatic N) is 1. The van der Waals surface area contributed by atoms with E-state index in [2.05, 4.69) is 19.2 Å². The van der Waals surface area contributed by atoms with Crippen LogP contribution in [0.25, 0.3) is 0 Å².